The second-order valence-electron chi connectivity index (χ2n) is 5.07. The number of thiophene rings is 1. The molecule has 1 aromatic carbocycles. The smallest absolute Gasteiger partial charge is 0.163 e. The van der Waals surface area contributed by atoms with Crippen LogP contribution in [0, 0.1) is 0 Å². The molecule has 2 rings (SSSR count). The van der Waals surface area contributed by atoms with Crippen molar-refractivity contribution in [2.24, 2.45) is 0 Å². The van der Waals surface area contributed by atoms with Crippen LogP contribution in [0.1, 0.15) is 35.1 Å². The van der Waals surface area contributed by atoms with Crippen LogP contribution in [0.3, 0.4) is 0 Å². The summed E-state index contributed by atoms with van der Waals surface area (Å²) in [4.78, 5) is 15.1. The molecule has 4 heteroatoms. The molecule has 1 heterocycles. The summed E-state index contributed by atoms with van der Waals surface area (Å²) in [6.07, 6.45) is 0. The van der Waals surface area contributed by atoms with Gasteiger partial charge in [-0.1, -0.05) is 18.2 Å². The first-order valence-electron chi connectivity index (χ1n) is 7.06. The van der Waals surface area contributed by atoms with Crippen LogP contribution in [0.5, 0.6) is 5.75 Å². The second kappa shape index (κ2) is 7.38. The van der Waals surface area contributed by atoms with Crippen molar-refractivity contribution in [3.63, 3.8) is 0 Å². The fraction of sp³-hybridized carbons (Fsp3) is 0.353. The first-order chi connectivity index (χ1) is 10.1. The summed E-state index contributed by atoms with van der Waals surface area (Å²) in [5, 5.41) is 2.10. The Morgan fingerprint density at radius 3 is 2.71 bits per heavy atom. The van der Waals surface area contributed by atoms with Crippen LogP contribution in [0.2, 0.25) is 0 Å². The van der Waals surface area contributed by atoms with Gasteiger partial charge >= 0.3 is 0 Å². The van der Waals surface area contributed by atoms with Gasteiger partial charge in [0.2, 0.25) is 0 Å². The largest absolute Gasteiger partial charge is 0.491 e. The number of rotatable bonds is 7. The molecular weight excluding hydrogens is 282 g/mol. The number of likely N-dealkylation sites (N-methyl/N-ethyl adjacent to an activating group) is 1. The van der Waals surface area contributed by atoms with Gasteiger partial charge in [-0.2, -0.15) is 0 Å². The zero-order chi connectivity index (χ0) is 15.2. The standard InChI is InChI=1S/C17H21NO2S/c1-13(17-9-6-12-21-17)18(3)10-11-20-16-8-5-4-7-15(16)14(2)19/h4-9,12-13H,10-11H2,1-3H3. The van der Waals surface area contributed by atoms with Crippen molar-refractivity contribution in [1.82, 2.24) is 4.90 Å². The lowest BCUT2D eigenvalue weighted by Gasteiger charge is -2.23. The van der Waals surface area contributed by atoms with Crippen molar-refractivity contribution in [2.45, 2.75) is 19.9 Å². The van der Waals surface area contributed by atoms with Gasteiger partial charge in [-0.3, -0.25) is 9.69 Å². The number of hydrogen-bond acceptors (Lipinski definition) is 4. The topological polar surface area (TPSA) is 29.5 Å². The minimum Gasteiger partial charge on any atom is -0.491 e. The number of ketones is 1. The van der Waals surface area contributed by atoms with Crippen molar-refractivity contribution >= 4 is 17.1 Å². The molecule has 0 spiro atoms. The molecule has 0 aliphatic heterocycles. The van der Waals surface area contributed by atoms with E-state index in [9.17, 15) is 4.79 Å². The number of benzene rings is 1. The van der Waals surface area contributed by atoms with E-state index >= 15 is 0 Å². The number of nitrogens with zero attached hydrogens (tertiary/aromatic N) is 1. The minimum atomic E-state index is 0.0332. The summed E-state index contributed by atoms with van der Waals surface area (Å²) in [7, 11) is 2.09. The molecule has 21 heavy (non-hydrogen) atoms. The highest BCUT2D eigenvalue weighted by atomic mass is 32.1. The van der Waals surface area contributed by atoms with Gasteiger partial charge < -0.3 is 4.74 Å². The fourth-order valence-electron chi connectivity index (χ4n) is 2.12. The van der Waals surface area contributed by atoms with E-state index in [2.05, 4.69) is 36.4 Å². The summed E-state index contributed by atoms with van der Waals surface area (Å²) in [5.41, 5.74) is 0.645. The van der Waals surface area contributed by atoms with Gasteiger partial charge in [0.1, 0.15) is 12.4 Å². The number of carbonyl (C=O) groups excluding carboxylic acids is 1. The van der Waals surface area contributed by atoms with Crippen LogP contribution in [-0.4, -0.2) is 30.9 Å². The van der Waals surface area contributed by atoms with Gasteiger partial charge in [0.05, 0.1) is 5.56 Å². The lowest BCUT2D eigenvalue weighted by atomic mass is 10.1. The normalized spacial score (nSPS) is 12.4. The predicted octanol–water partition coefficient (Wildman–Crippen LogP) is 4.02. The van der Waals surface area contributed by atoms with Crippen LogP contribution < -0.4 is 4.74 Å². The van der Waals surface area contributed by atoms with Gasteiger partial charge in [-0.05, 0) is 44.5 Å². The summed E-state index contributed by atoms with van der Waals surface area (Å²) in [6.45, 7) is 5.13. The van der Waals surface area contributed by atoms with E-state index in [1.807, 2.05) is 18.2 Å². The zero-order valence-corrected chi connectivity index (χ0v) is 13.5. The Bertz CT molecular complexity index is 580. The Hall–Kier alpha value is -1.65. The summed E-state index contributed by atoms with van der Waals surface area (Å²) >= 11 is 1.77. The third kappa shape index (κ3) is 4.16. The minimum absolute atomic E-state index is 0.0332. The van der Waals surface area contributed by atoms with Crippen LogP contribution >= 0.6 is 11.3 Å². The molecule has 0 saturated carbocycles. The Labute approximate surface area is 130 Å². The molecule has 0 aliphatic rings. The molecule has 0 bridgehead atoms. The third-order valence-corrected chi connectivity index (χ3v) is 4.63. The fourth-order valence-corrected chi connectivity index (χ4v) is 2.97. The molecule has 0 fully saturated rings. The molecular formula is C17H21NO2S. The first kappa shape index (κ1) is 15.7. The molecule has 0 amide bonds. The number of hydrogen-bond donors (Lipinski definition) is 0. The van der Waals surface area contributed by atoms with Gasteiger partial charge in [0, 0.05) is 17.5 Å². The maximum Gasteiger partial charge on any atom is 0.163 e. The van der Waals surface area contributed by atoms with Crippen molar-refractivity contribution in [3.05, 3.63) is 52.2 Å². The van der Waals surface area contributed by atoms with Gasteiger partial charge in [0.25, 0.3) is 0 Å². The van der Waals surface area contributed by atoms with Gasteiger partial charge in [-0.25, -0.2) is 0 Å². The number of carbonyl (C=O) groups is 1. The molecule has 0 saturated heterocycles. The molecule has 0 radical (unpaired) electrons. The number of ether oxygens (including phenoxy) is 1. The van der Waals surface area contributed by atoms with Crippen molar-refractivity contribution in [3.8, 4) is 5.75 Å². The summed E-state index contributed by atoms with van der Waals surface area (Å²) in [5.74, 6) is 0.702. The van der Waals surface area contributed by atoms with E-state index in [-0.39, 0.29) is 5.78 Å². The average Bonchev–Trinajstić information content (AvgIpc) is 3.00. The zero-order valence-electron chi connectivity index (χ0n) is 12.7. The van der Waals surface area contributed by atoms with Crippen molar-refractivity contribution in [2.75, 3.05) is 20.2 Å². The molecule has 0 aliphatic carbocycles. The summed E-state index contributed by atoms with van der Waals surface area (Å²) < 4.78 is 5.78. The highest BCUT2D eigenvalue weighted by Crippen LogP contribution is 2.23. The monoisotopic (exact) mass is 303 g/mol. The van der Waals surface area contributed by atoms with E-state index in [0.29, 0.717) is 24.0 Å². The maximum atomic E-state index is 11.5. The van der Waals surface area contributed by atoms with Gasteiger partial charge in [0.15, 0.2) is 5.78 Å². The third-order valence-electron chi connectivity index (χ3n) is 3.58. The van der Waals surface area contributed by atoms with Crippen LogP contribution in [0.4, 0.5) is 0 Å². The molecule has 1 aromatic heterocycles. The Kier molecular flexibility index (Phi) is 5.53. The molecule has 1 atom stereocenters. The van der Waals surface area contributed by atoms with E-state index in [0.717, 1.165) is 6.54 Å². The lowest BCUT2D eigenvalue weighted by molar-refractivity contribution is 0.101. The quantitative estimate of drug-likeness (QED) is 0.723. The van der Waals surface area contributed by atoms with E-state index < -0.39 is 0 Å². The predicted molar refractivity (Wildman–Crippen MR) is 87.3 cm³/mol. The molecule has 112 valence electrons. The summed E-state index contributed by atoms with van der Waals surface area (Å²) in [6, 6.07) is 12.0. The van der Waals surface area contributed by atoms with Crippen LogP contribution in [0.15, 0.2) is 41.8 Å². The van der Waals surface area contributed by atoms with Crippen LogP contribution in [-0.2, 0) is 0 Å². The van der Waals surface area contributed by atoms with Crippen LogP contribution in [0.25, 0.3) is 0 Å². The average molecular weight is 303 g/mol. The van der Waals surface area contributed by atoms with E-state index in [4.69, 9.17) is 4.74 Å². The highest BCUT2D eigenvalue weighted by Gasteiger charge is 2.13. The number of Topliss-reactive ketones (excluding diaryl/α,β-unsaturated/α-hetero) is 1. The Morgan fingerprint density at radius 1 is 1.29 bits per heavy atom. The molecule has 2 aromatic rings. The lowest BCUT2D eigenvalue weighted by Crippen LogP contribution is -2.27. The SMILES string of the molecule is CC(=O)c1ccccc1OCCN(C)C(C)c1cccs1. The molecule has 3 nitrogen and oxygen atoms in total. The molecule has 0 N–H and O–H groups in total. The van der Waals surface area contributed by atoms with Crippen molar-refractivity contribution < 1.29 is 9.53 Å². The highest BCUT2D eigenvalue weighted by molar-refractivity contribution is 7.10. The second-order valence-corrected chi connectivity index (χ2v) is 6.05. The Morgan fingerprint density at radius 2 is 2.05 bits per heavy atom. The van der Waals surface area contributed by atoms with E-state index in [1.54, 1.807) is 24.3 Å². The van der Waals surface area contributed by atoms with Gasteiger partial charge in [-0.15, -0.1) is 11.3 Å². The maximum absolute atomic E-state index is 11.5. The van der Waals surface area contributed by atoms with Crippen molar-refractivity contribution in [1.29, 1.82) is 0 Å². The number of para-hydroxylation sites is 1. The first-order valence-corrected chi connectivity index (χ1v) is 7.94. The Balaban J connectivity index is 1.88. The molecule has 1 unspecified atom stereocenters. The van der Waals surface area contributed by atoms with E-state index in [1.165, 1.54) is 4.88 Å².